The molecule has 3 N–H and O–H groups in total. The summed E-state index contributed by atoms with van der Waals surface area (Å²) in [7, 11) is 1.77. The van der Waals surface area contributed by atoms with E-state index in [0.29, 0.717) is 12.2 Å². The molecule has 0 bridgehead atoms. The lowest BCUT2D eigenvalue weighted by molar-refractivity contribution is -0.121. The Morgan fingerprint density at radius 1 is 1.50 bits per heavy atom. The Hall–Kier alpha value is -1.46. The molecule has 2 rings (SSSR count). The van der Waals surface area contributed by atoms with Gasteiger partial charge in [-0.25, -0.2) is 4.39 Å². The fourth-order valence-corrected chi connectivity index (χ4v) is 1.87. The zero-order chi connectivity index (χ0) is 11.8. The van der Waals surface area contributed by atoms with E-state index in [9.17, 15) is 9.18 Å². The molecule has 4 nitrogen and oxygen atoms in total. The summed E-state index contributed by atoms with van der Waals surface area (Å²) in [4.78, 5) is 11.8. The van der Waals surface area contributed by atoms with E-state index in [2.05, 4.69) is 16.0 Å². The maximum absolute atomic E-state index is 13.5. The van der Waals surface area contributed by atoms with Gasteiger partial charge in [-0.05, 0) is 20.0 Å². The van der Waals surface area contributed by atoms with Crippen LogP contribution in [0.15, 0.2) is 18.2 Å². The lowest BCUT2D eigenvalue weighted by Gasteiger charge is -2.23. The number of hydrogen-bond donors (Lipinski definition) is 3. The first-order valence-corrected chi connectivity index (χ1v) is 5.09. The predicted octanol–water partition coefficient (Wildman–Crippen LogP) is 0.759. The fraction of sp³-hybridized carbons (Fsp3) is 0.364. The Balaban J connectivity index is 2.43. The second kappa shape index (κ2) is 3.84. The van der Waals surface area contributed by atoms with E-state index in [1.165, 1.54) is 6.07 Å². The average molecular weight is 223 g/mol. The Morgan fingerprint density at radius 2 is 2.25 bits per heavy atom. The van der Waals surface area contributed by atoms with Crippen LogP contribution in [0.4, 0.5) is 10.1 Å². The van der Waals surface area contributed by atoms with Gasteiger partial charge >= 0.3 is 0 Å². The molecular formula is C11H14FN3O. The van der Waals surface area contributed by atoms with Gasteiger partial charge in [-0.2, -0.15) is 0 Å². The molecule has 1 aliphatic heterocycles. The zero-order valence-electron chi connectivity index (χ0n) is 9.23. The molecule has 0 saturated heterocycles. The van der Waals surface area contributed by atoms with Crippen molar-refractivity contribution in [2.75, 3.05) is 19.0 Å². The summed E-state index contributed by atoms with van der Waals surface area (Å²) >= 11 is 0. The van der Waals surface area contributed by atoms with E-state index in [1.54, 1.807) is 26.1 Å². The number of amides is 1. The van der Waals surface area contributed by atoms with Crippen LogP contribution in [-0.4, -0.2) is 19.6 Å². The SMILES string of the molecule is CNCN[C@@]1(C)C(=O)Nc2c(F)cccc21. The van der Waals surface area contributed by atoms with Crippen LogP contribution in [-0.2, 0) is 10.3 Å². The first-order valence-electron chi connectivity index (χ1n) is 5.09. The largest absolute Gasteiger partial charge is 0.321 e. The monoisotopic (exact) mass is 223 g/mol. The lowest BCUT2D eigenvalue weighted by Crippen LogP contribution is -2.48. The van der Waals surface area contributed by atoms with Crippen LogP contribution in [0.5, 0.6) is 0 Å². The molecule has 0 spiro atoms. The van der Waals surface area contributed by atoms with Crippen LogP contribution in [0.3, 0.4) is 0 Å². The van der Waals surface area contributed by atoms with Gasteiger partial charge in [0, 0.05) is 12.2 Å². The minimum Gasteiger partial charge on any atom is -0.321 e. The number of para-hydroxylation sites is 1. The molecule has 5 heteroatoms. The molecule has 16 heavy (non-hydrogen) atoms. The number of rotatable bonds is 3. The van der Waals surface area contributed by atoms with Crippen LogP contribution in [0, 0.1) is 5.82 Å². The minimum atomic E-state index is -0.875. The molecular weight excluding hydrogens is 209 g/mol. The molecule has 86 valence electrons. The Bertz CT molecular complexity index is 435. The second-order valence-electron chi connectivity index (χ2n) is 3.95. The maximum Gasteiger partial charge on any atom is 0.249 e. The summed E-state index contributed by atoms with van der Waals surface area (Å²) in [6, 6.07) is 4.69. The molecule has 0 fully saturated rings. The van der Waals surface area contributed by atoms with Crippen molar-refractivity contribution in [1.29, 1.82) is 0 Å². The van der Waals surface area contributed by atoms with Crippen molar-refractivity contribution in [3.63, 3.8) is 0 Å². The highest BCUT2D eigenvalue weighted by Crippen LogP contribution is 2.36. The summed E-state index contributed by atoms with van der Waals surface area (Å²) in [5, 5.41) is 8.51. The maximum atomic E-state index is 13.5. The number of hydrogen-bond acceptors (Lipinski definition) is 3. The highest BCUT2D eigenvalue weighted by Gasteiger charge is 2.43. The molecule has 0 aliphatic carbocycles. The minimum absolute atomic E-state index is 0.233. The van der Waals surface area contributed by atoms with Crippen LogP contribution in [0.2, 0.25) is 0 Å². The molecule has 1 aromatic rings. The molecule has 0 aromatic heterocycles. The van der Waals surface area contributed by atoms with Crippen LogP contribution in [0.25, 0.3) is 0 Å². The summed E-state index contributed by atoms with van der Waals surface area (Å²) < 4.78 is 13.5. The number of anilines is 1. The van der Waals surface area contributed by atoms with E-state index in [1.807, 2.05) is 0 Å². The topological polar surface area (TPSA) is 53.2 Å². The molecule has 1 amide bonds. The lowest BCUT2D eigenvalue weighted by atomic mass is 9.94. The van der Waals surface area contributed by atoms with E-state index < -0.39 is 11.4 Å². The Kier molecular flexibility index (Phi) is 2.65. The number of carbonyl (C=O) groups excluding carboxylic acids is 1. The predicted molar refractivity (Wildman–Crippen MR) is 59.4 cm³/mol. The summed E-state index contributed by atoms with van der Waals surface area (Å²) in [5.41, 5.74) is 0.0480. The highest BCUT2D eigenvalue weighted by molar-refractivity contribution is 6.05. The van der Waals surface area contributed by atoms with Gasteiger partial charge < -0.3 is 10.6 Å². The Labute approximate surface area is 93.2 Å². The third-order valence-corrected chi connectivity index (χ3v) is 2.86. The standard InChI is InChI=1S/C11H14FN3O/c1-11(14-6-13-2)7-4-3-5-8(12)9(7)15-10(11)16/h3-5,13-14H,6H2,1-2H3,(H,15,16)/t11-/m1/s1. The number of carbonyl (C=O) groups is 1. The van der Waals surface area contributed by atoms with Crippen LogP contribution < -0.4 is 16.0 Å². The van der Waals surface area contributed by atoms with E-state index in [0.717, 1.165) is 0 Å². The highest BCUT2D eigenvalue weighted by atomic mass is 19.1. The van der Waals surface area contributed by atoms with Gasteiger partial charge in [-0.3, -0.25) is 10.1 Å². The third kappa shape index (κ3) is 1.48. The van der Waals surface area contributed by atoms with Gasteiger partial charge in [0.05, 0.1) is 5.69 Å². The molecule has 1 atom stereocenters. The van der Waals surface area contributed by atoms with Gasteiger partial charge in [-0.1, -0.05) is 12.1 Å². The van der Waals surface area contributed by atoms with Crippen LogP contribution in [0.1, 0.15) is 12.5 Å². The van der Waals surface area contributed by atoms with Crippen molar-refractivity contribution in [2.24, 2.45) is 0 Å². The zero-order valence-corrected chi connectivity index (χ0v) is 9.23. The molecule has 1 aromatic carbocycles. The summed E-state index contributed by atoms with van der Waals surface area (Å²) in [5.74, 6) is -0.635. The van der Waals surface area contributed by atoms with E-state index in [4.69, 9.17) is 0 Å². The van der Waals surface area contributed by atoms with Gasteiger partial charge in [0.25, 0.3) is 0 Å². The van der Waals surface area contributed by atoms with Gasteiger partial charge in [0.2, 0.25) is 5.91 Å². The summed E-state index contributed by atoms with van der Waals surface area (Å²) in [6.45, 7) is 2.21. The van der Waals surface area contributed by atoms with E-state index >= 15 is 0 Å². The molecule has 0 unspecified atom stereocenters. The smallest absolute Gasteiger partial charge is 0.249 e. The third-order valence-electron chi connectivity index (χ3n) is 2.86. The van der Waals surface area contributed by atoms with Gasteiger partial charge in [-0.15, -0.1) is 0 Å². The Morgan fingerprint density at radius 3 is 2.94 bits per heavy atom. The first-order chi connectivity index (χ1) is 7.59. The van der Waals surface area contributed by atoms with Gasteiger partial charge in [0.1, 0.15) is 11.4 Å². The van der Waals surface area contributed by atoms with Crippen molar-refractivity contribution in [2.45, 2.75) is 12.5 Å². The number of benzene rings is 1. The normalized spacial score (nSPS) is 23.1. The quantitative estimate of drug-likeness (QED) is 0.663. The first kappa shape index (κ1) is 11.0. The van der Waals surface area contributed by atoms with Crippen molar-refractivity contribution in [3.05, 3.63) is 29.6 Å². The number of fused-ring (bicyclic) bond motifs is 1. The van der Waals surface area contributed by atoms with Crippen molar-refractivity contribution in [1.82, 2.24) is 10.6 Å². The van der Waals surface area contributed by atoms with Gasteiger partial charge in [0.15, 0.2) is 0 Å². The molecule has 1 heterocycles. The number of halogens is 1. The number of nitrogens with one attached hydrogen (secondary N) is 3. The van der Waals surface area contributed by atoms with E-state index in [-0.39, 0.29) is 11.6 Å². The molecule has 0 saturated carbocycles. The second-order valence-corrected chi connectivity index (χ2v) is 3.95. The van der Waals surface area contributed by atoms with Crippen molar-refractivity contribution in [3.8, 4) is 0 Å². The molecule has 1 aliphatic rings. The summed E-state index contributed by atoms with van der Waals surface area (Å²) in [6.07, 6.45) is 0. The molecule has 0 radical (unpaired) electrons. The van der Waals surface area contributed by atoms with Crippen LogP contribution >= 0.6 is 0 Å². The van der Waals surface area contributed by atoms with Crippen molar-refractivity contribution >= 4 is 11.6 Å². The van der Waals surface area contributed by atoms with Crippen molar-refractivity contribution < 1.29 is 9.18 Å². The average Bonchev–Trinajstić information content (AvgIpc) is 2.52. The fourth-order valence-electron chi connectivity index (χ4n) is 1.87.